The van der Waals surface area contributed by atoms with Gasteiger partial charge in [0.15, 0.2) is 0 Å². The first kappa shape index (κ1) is 26.0. The van der Waals surface area contributed by atoms with Crippen molar-refractivity contribution in [2.75, 3.05) is 0 Å². The van der Waals surface area contributed by atoms with E-state index in [-0.39, 0.29) is 0 Å². The molecule has 0 spiro atoms. The SMILES string of the molecule is c1ccc(-c2nc3ccccc3n2-c2c3ccccc3c(-c3ccc4cc5c(ccc6ccccc65)cc4c3)c3ccccc23)cc1. The lowest BCUT2D eigenvalue weighted by Gasteiger charge is -2.20. The highest BCUT2D eigenvalue weighted by molar-refractivity contribution is 6.20. The molecule has 0 bridgehead atoms. The smallest absolute Gasteiger partial charge is 0.145 e. The van der Waals surface area contributed by atoms with Crippen LogP contribution in [0.4, 0.5) is 0 Å². The quantitative estimate of drug-likeness (QED) is 0.147. The standard InChI is InChI=1S/C45H28N2/c1-2-13-30(14-3-1)45-46-41-20-10-11-21-42(41)47(45)44-38-18-8-6-16-36(38)43(37-17-7-9-19-39(37)44)33-25-23-31-28-40-32(26-34(31)27-33)24-22-29-12-4-5-15-35(29)40/h1-28H. The Morgan fingerprint density at radius 1 is 0.362 bits per heavy atom. The fourth-order valence-electron chi connectivity index (χ4n) is 7.60. The molecule has 0 aliphatic heterocycles. The van der Waals surface area contributed by atoms with Gasteiger partial charge in [-0.3, -0.25) is 4.57 Å². The molecule has 10 rings (SSSR count). The van der Waals surface area contributed by atoms with E-state index >= 15 is 0 Å². The number of fused-ring (bicyclic) bond motifs is 7. The number of aromatic nitrogens is 2. The molecular weight excluding hydrogens is 569 g/mol. The van der Waals surface area contributed by atoms with Crippen LogP contribution in [0.15, 0.2) is 170 Å². The maximum Gasteiger partial charge on any atom is 0.145 e. The van der Waals surface area contributed by atoms with E-state index < -0.39 is 0 Å². The summed E-state index contributed by atoms with van der Waals surface area (Å²) in [6.07, 6.45) is 0. The molecule has 0 fully saturated rings. The third-order valence-corrected chi connectivity index (χ3v) is 9.71. The van der Waals surface area contributed by atoms with Crippen molar-refractivity contribution in [3.63, 3.8) is 0 Å². The summed E-state index contributed by atoms with van der Waals surface area (Å²) in [6, 6.07) is 61.5. The molecular formula is C45H28N2. The van der Waals surface area contributed by atoms with Crippen LogP contribution in [0.2, 0.25) is 0 Å². The highest BCUT2D eigenvalue weighted by Gasteiger charge is 2.21. The number of para-hydroxylation sites is 2. The van der Waals surface area contributed by atoms with E-state index in [1.54, 1.807) is 0 Å². The molecule has 1 heterocycles. The third kappa shape index (κ3) is 3.95. The monoisotopic (exact) mass is 596 g/mol. The second-order valence-electron chi connectivity index (χ2n) is 12.4. The Hall–Kier alpha value is -6.25. The highest BCUT2D eigenvalue weighted by atomic mass is 15.1. The number of benzene rings is 9. The molecule has 1 aromatic heterocycles. The minimum atomic E-state index is 0.944. The minimum Gasteiger partial charge on any atom is -0.291 e. The van der Waals surface area contributed by atoms with E-state index in [0.29, 0.717) is 0 Å². The molecule has 0 saturated carbocycles. The number of rotatable bonds is 3. The summed E-state index contributed by atoms with van der Waals surface area (Å²) in [5.74, 6) is 0.944. The van der Waals surface area contributed by atoms with Gasteiger partial charge in [0.2, 0.25) is 0 Å². The van der Waals surface area contributed by atoms with Gasteiger partial charge in [-0.15, -0.1) is 0 Å². The van der Waals surface area contributed by atoms with Crippen LogP contribution in [-0.2, 0) is 0 Å². The summed E-state index contributed by atoms with van der Waals surface area (Å²) in [6.45, 7) is 0. The molecule has 0 amide bonds. The third-order valence-electron chi connectivity index (χ3n) is 9.71. The van der Waals surface area contributed by atoms with Gasteiger partial charge < -0.3 is 0 Å². The van der Waals surface area contributed by atoms with Crippen LogP contribution in [0.5, 0.6) is 0 Å². The molecule has 0 aliphatic carbocycles. The lowest BCUT2D eigenvalue weighted by molar-refractivity contribution is 1.13. The van der Waals surface area contributed by atoms with Crippen LogP contribution in [0.3, 0.4) is 0 Å². The number of hydrogen-bond donors (Lipinski definition) is 0. The van der Waals surface area contributed by atoms with E-state index in [1.165, 1.54) is 65.0 Å². The molecule has 0 aliphatic rings. The summed E-state index contributed by atoms with van der Waals surface area (Å²) in [4.78, 5) is 5.19. The Labute approximate surface area is 271 Å². The maximum atomic E-state index is 5.19. The average Bonchev–Trinajstić information content (AvgIpc) is 3.52. The number of hydrogen-bond acceptors (Lipinski definition) is 1. The lowest BCUT2D eigenvalue weighted by Crippen LogP contribution is -2.01. The zero-order chi connectivity index (χ0) is 30.9. The molecule has 0 saturated heterocycles. The molecule has 0 radical (unpaired) electrons. The molecule has 218 valence electrons. The van der Waals surface area contributed by atoms with E-state index in [9.17, 15) is 0 Å². The summed E-state index contributed by atoms with van der Waals surface area (Å²) in [5, 5.41) is 12.5. The predicted octanol–water partition coefficient (Wildman–Crippen LogP) is 12.1. The first-order chi connectivity index (χ1) is 23.3. The van der Waals surface area contributed by atoms with E-state index in [1.807, 2.05) is 0 Å². The first-order valence-corrected chi connectivity index (χ1v) is 16.1. The lowest BCUT2D eigenvalue weighted by atomic mass is 9.89. The zero-order valence-electron chi connectivity index (χ0n) is 25.6. The van der Waals surface area contributed by atoms with Crippen molar-refractivity contribution in [1.82, 2.24) is 9.55 Å². The van der Waals surface area contributed by atoms with Gasteiger partial charge in [-0.25, -0.2) is 4.98 Å². The molecule has 0 unspecified atom stereocenters. The molecule has 2 heteroatoms. The Kier molecular flexibility index (Phi) is 5.61. The summed E-state index contributed by atoms with van der Waals surface area (Å²) in [5.41, 5.74) is 6.81. The maximum absolute atomic E-state index is 5.19. The van der Waals surface area contributed by atoms with Crippen molar-refractivity contribution >= 4 is 64.9 Å². The molecule has 9 aromatic carbocycles. The molecule has 47 heavy (non-hydrogen) atoms. The highest BCUT2D eigenvalue weighted by Crippen LogP contribution is 2.44. The summed E-state index contributed by atoms with van der Waals surface area (Å²) < 4.78 is 2.37. The van der Waals surface area contributed by atoms with E-state index in [4.69, 9.17) is 4.98 Å². The van der Waals surface area contributed by atoms with E-state index in [0.717, 1.165) is 28.1 Å². The van der Waals surface area contributed by atoms with Crippen LogP contribution >= 0.6 is 0 Å². The van der Waals surface area contributed by atoms with Crippen molar-refractivity contribution in [3.05, 3.63) is 170 Å². The normalized spacial score (nSPS) is 11.8. The molecule has 2 nitrogen and oxygen atoms in total. The Morgan fingerprint density at radius 2 is 0.979 bits per heavy atom. The van der Waals surface area contributed by atoms with Crippen molar-refractivity contribution in [1.29, 1.82) is 0 Å². The van der Waals surface area contributed by atoms with Crippen LogP contribution < -0.4 is 0 Å². The van der Waals surface area contributed by atoms with Crippen molar-refractivity contribution in [3.8, 4) is 28.2 Å². The van der Waals surface area contributed by atoms with Gasteiger partial charge in [0.1, 0.15) is 5.82 Å². The van der Waals surface area contributed by atoms with Crippen molar-refractivity contribution in [2.45, 2.75) is 0 Å². The van der Waals surface area contributed by atoms with Gasteiger partial charge >= 0.3 is 0 Å². The van der Waals surface area contributed by atoms with Gasteiger partial charge in [0.05, 0.1) is 16.7 Å². The van der Waals surface area contributed by atoms with Gasteiger partial charge in [0, 0.05) is 16.3 Å². The fraction of sp³-hybridized carbons (Fsp3) is 0. The van der Waals surface area contributed by atoms with Gasteiger partial charge in [0.25, 0.3) is 0 Å². The Balaban J connectivity index is 1.28. The Bertz CT molecular complexity index is 2790. The average molecular weight is 597 g/mol. The first-order valence-electron chi connectivity index (χ1n) is 16.1. The minimum absolute atomic E-state index is 0.944. The molecule has 0 atom stereocenters. The van der Waals surface area contributed by atoms with E-state index in [2.05, 4.69) is 174 Å². The summed E-state index contributed by atoms with van der Waals surface area (Å²) in [7, 11) is 0. The second kappa shape index (κ2) is 10.1. The number of imidazole rings is 1. The zero-order valence-corrected chi connectivity index (χ0v) is 25.6. The predicted molar refractivity (Wildman–Crippen MR) is 199 cm³/mol. The van der Waals surface area contributed by atoms with Gasteiger partial charge in [-0.1, -0.05) is 140 Å². The van der Waals surface area contributed by atoms with Crippen LogP contribution in [0, 0.1) is 0 Å². The van der Waals surface area contributed by atoms with Crippen LogP contribution in [-0.4, -0.2) is 9.55 Å². The fourth-order valence-corrected chi connectivity index (χ4v) is 7.60. The Morgan fingerprint density at radius 3 is 1.77 bits per heavy atom. The van der Waals surface area contributed by atoms with Crippen LogP contribution in [0.25, 0.3) is 93.1 Å². The number of nitrogens with zero attached hydrogens (tertiary/aromatic N) is 2. The topological polar surface area (TPSA) is 17.8 Å². The van der Waals surface area contributed by atoms with Gasteiger partial charge in [-0.2, -0.15) is 0 Å². The van der Waals surface area contributed by atoms with Crippen LogP contribution in [0.1, 0.15) is 0 Å². The van der Waals surface area contributed by atoms with Gasteiger partial charge in [-0.05, 0) is 84.5 Å². The largest absolute Gasteiger partial charge is 0.291 e. The molecule has 0 N–H and O–H groups in total. The van der Waals surface area contributed by atoms with Crippen molar-refractivity contribution < 1.29 is 0 Å². The second-order valence-corrected chi connectivity index (χ2v) is 12.4. The van der Waals surface area contributed by atoms with Crippen molar-refractivity contribution in [2.24, 2.45) is 0 Å². The summed E-state index contributed by atoms with van der Waals surface area (Å²) >= 11 is 0. The molecule has 10 aromatic rings.